The first-order valence-corrected chi connectivity index (χ1v) is 7.86. The number of para-hydroxylation sites is 1. The van der Waals surface area contributed by atoms with Gasteiger partial charge in [-0.2, -0.15) is 4.37 Å². The lowest BCUT2D eigenvalue weighted by Crippen LogP contribution is -2.21. The molecular formula is C16H23N3OS. The monoisotopic (exact) mass is 305 g/mol. The van der Waals surface area contributed by atoms with Crippen LogP contribution in [0.15, 0.2) is 24.3 Å². The zero-order chi connectivity index (χ0) is 15.5. The van der Waals surface area contributed by atoms with E-state index in [4.69, 9.17) is 4.74 Å². The van der Waals surface area contributed by atoms with Gasteiger partial charge in [-0.05, 0) is 18.1 Å². The smallest absolute Gasteiger partial charge is 0.204 e. The lowest BCUT2D eigenvalue weighted by Gasteiger charge is -2.17. The number of nitrogens with zero attached hydrogens (tertiary/aromatic N) is 3. The van der Waals surface area contributed by atoms with Crippen molar-refractivity contribution < 1.29 is 4.74 Å². The van der Waals surface area contributed by atoms with Crippen LogP contribution in [0.1, 0.15) is 32.2 Å². The van der Waals surface area contributed by atoms with Gasteiger partial charge in [0.25, 0.3) is 0 Å². The standard InChI is InChI=1S/C16H23N3OS/c1-16(2,3)14-17-15(21-18-14)19(4)11-10-12-8-6-7-9-13(12)20-5/h6-9H,10-11H2,1-5H3. The summed E-state index contributed by atoms with van der Waals surface area (Å²) >= 11 is 1.46. The van der Waals surface area contributed by atoms with Crippen molar-refractivity contribution in [3.05, 3.63) is 35.7 Å². The highest BCUT2D eigenvalue weighted by Crippen LogP contribution is 2.25. The third kappa shape index (κ3) is 3.94. The molecule has 0 atom stereocenters. The third-order valence-electron chi connectivity index (χ3n) is 3.32. The zero-order valence-electron chi connectivity index (χ0n) is 13.4. The predicted molar refractivity (Wildman–Crippen MR) is 88.6 cm³/mol. The van der Waals surface area contributed by atoms with Crippen LogP contribution in [-0.2, 0) is 11.8 Å². The first-order chi connectivity index (χ1) is 9.91. The molecule has 1 aromatic heterocycles. The second-order valence-corrected chi connectivity index (χ2v) is 6.86. The summed E-state index contributed by atoms with van der Waals surface area (Å²) in [7, 11) is 3.77. The van der Waals surface area contributed by atoms with Gasteiger partial charge < -0.3 is 9.64 Å². The minimum Gasteiger partial charge on any atom is -0.496 e. The fraction of sp³-hybridized carbons (Fsp3) is 0.500. The van der Waals surface area contributed by atoms with Crippen molar-refractivity contribution in [2.24, 2.45) is 0 Å². The van der Waals surface area contributed by atoms with Gasteiger partial charge in [0.1, 0.15) is 11.6 Å². The fourth-order valence-electron chi connectivity index (χ4n) is 1.97. The molecule has 0 bridgehead atoms. The normalized spacial score (nSPS) is 11.5. The van der Waals surface area contributed by atoms with E-state index in [2.05, 4.69) is 48.1 Å². The molecule has 0 unspecified atom stereocenters. The fourth-order valence-corrected chi connectivity index (χ4v) is 2.81. The van der Waals surface area contributed by atoms with E-state index in [9.17, 15) is 0 Å². The first kappa shape index (κ1) is 15.8. The summed E-state index contributed by atoms with van der Waals surface area (Å²) in [6.45, 7) is 7.29. The molecule has 2 aromatic rings. The molecule has 0 amide bonds. The van der Waals surface area contributed by atoms with E-state index < -0.39 is 0 Å². The maximum Gasteiger partial charge on any atom is 0.204 e. The van der Waals surface area contributed by atoms with Gasteiger partial charge in [-0.25, -0.2) is 4.98 Å². The lowest BCUT2D eigenvalue weighted by molar-refractivity contribution is 0.409. The van der Waals surface area contributed by atoms with E-state index >= 15 is 0 Å². The van der Waals surface area contributed by atoms with Crippen molar-refractivity contribution in [2.75, 3.05) is 25.6 Å². The lowest BCUT2D eigenvalue weighted by atomic mass is 9.96. The Balaban J connectivity index is 2.02. The number of methoxy groups -OCH3 is 1. The Labute approximate surface area is 131 Å². The summed E-state index contributed by atoms with van der Waals surface area (Å²) in [6.07, 6.45) is 0.922. The molecule has 0 spiro atoms. The molecule has 1 heterocycles. The molecule has 1 aromatic carbocycles. The molecule has 0 saturated heterocycles. The van der Waals surface area contributed by atoms with Crippen LogP contribution < -0.4 is 9.64 Å². The number of aromatic nitrogens is 2. The largest absolute Gasteiger partial charge is 0.496 e. The molecular weight excluding hydrogens is 282 g/mol. The first-order valence-electron chi connectivity index (χ1n) is 7.09. The van der Waals surface area contributed by atoms with Crippen LogP contribution in [0.2, 0.25) is 0 Å². The van der Waals surface area contributed by atoms with Crippen LogP contribution in [0.5, 0.6) is 5.75 Å². The van der Waals surface area contributed by atoms with Crippen LogP contribution in [0.4, 0.5) is 5.13 Å². The molecule has 114 valence electrons. The van der Waals surface area contributed by atoms with Crippen LogP contribution in [0, 0.1) is 0 Å². The molecule has 2 rings (SSSR count). The van der Waals surface area contributed by atoms with E-state index in [0.29, 0.717) is 0 Å². The highest BCUT2D eigenvalue weighted by Gasteiger charge is 2.20. The number of likely N-dealkylation sites (N-methyl/N-ethyl adjacent to an activating group) is 1. The summed E-state index contributed by atoms with van der Waals surface area (Å²) in [5, 5.41) is 0.967. The van der Waals surface area contributed by atoms with Crippen molar-refractivity contribution in [3.63, 3.8) is 0 Å². The second-order valence-electron chi connectivity index (χ2n) is 6.13. The Bertz CT molecular complexity index is 589. The minimum atomic E-state index is -0.00175. The summed E-state index contributed by atoms with van der Waals surface area (Å²) in [5.41, 5.74) is 1.21. The summed E-state index contributed by atoms with van der Waals surface area (Å²) in [5.74, 6) is 1.85. The average molecular weight is 305 g/mol. The van der Waals surface area contributed by atoms with Crippen LogP contribution in [-0.4, -0.2) is 30.1 Å². The van der Waals surface area contributed by atoms with Crippen molar-refractivity contribution in [3.8, 4) is 5.75 Å². The van der Waals surface area contributed by atoms with E-state index in [1.54, 1.807) is 7.11 Å². The van der Waals surface area contributed by atoms with Crippen LogP contribution in [0.25, 0.3) is 0 Å². The van der Waals surface area contributed by atoms with Gasteiger partial charge in [-0.1, -0.05) is 39.0 Å². The Morgan fingerprint density at radius 2 is 1.95 bits per heavy atom. The van der Waals surface area contributed by atoms with Crippen molar-refractivity contribution >= 4 is 16.7 Å². The zero-order valence-corrected chi connectivity index (χ0v) is 14.2. The molecule has 0 radical (unpaired) electrons. The number of anilines is 1. The molecule has 0 saturated carbocycles. The highest BCUT2D eigenvalue weighted by molar-refractivity contribution is 7.09. The van der Waals surface area contributed by atoms with Gasteiger partial charge in [0, 0.05) is 30.5 Å². The third-order valence-corrected chi connectivity index (χ3v) is 4.15. The molecule has 0 aliphatic heterocycles. The number of hydrogen-bond donors (Lipinski definition) is 0. The van der Waals surface area contributed by atoms with Crippen molar-refractivity contribution in [1.29, 1.82) is 0 Å². The average Bonchev–Trinajstić information content (AvgIpc) is 2.95. The van der Waals surface area contributed by atoms with E-state index in [0.717, 1.165) is 29.7 Å². The van der Waals surface area contributed by atoms with Gasteiger partial charge in [0.15, 0.2) is 0 Å². The van der Waals surface area contributed by atoms with Gasteiger partial charge in [0.05, 0.1) is 7.11 Å². The van der Waals surface area contributed by atoms with Crippen molar-refractivity contribution in [1.82, 2.24) is 9.36 Å². The molecule has 0 aliphatic rings. The topological polar surface area (TPSA) is 38.2 Å². The number of ether oxygens (including phenoxy) is 1. The second kappa shape index (κ2) is 6.43. The number of hydrogen-bond acceptors (Lipinski definition) is 5. The van der Waals surface area contributed by atoms with Gasteiger partial charge in [-0.3, -0.25) is 0 Å². The highest BCUT2D eigenvalue weighted by atomic mass is 32.1. The Kier molecular flexibility index (Phi) is 4.83. The summed E-state index contributed by atoms with van der Waals surface area (Å²) in [4.78, 5) is 6.79. The van der Waals surface area contributed by atoms with Crippen molar-refractivity contribution in [2.45, 2.75) is 32.6 Å². The maximum atomic E-state index is 5.39. The van der Waals surface area contributed by atoms with Crippen LogP contribution in [0.3, 0.4) is 0 Å². The quantitative estimate of drug-likeness (QED) is 0.847. The van der Waals surface area contributed by atoms with E-state index in [1.807, 2.05) is 18.2 Å². The van der Waals surface area contributed by atoms with Gasteiger partial charge >= 0.3 is 0 Å². The minimum absolute atomic E-state index is 0.00175. The molecule has 21 heavy (non-hydrogen) atoms. The Hall–Kier alpha value is -1.62. The molecule has 0 N–H and O–H groups in total. The SMILES string of the molecule is COc1ccccc1CCN(C)c1nc(C(C)(C)C)ns1. The molecule has 5 heteroatoms. The van der Waals surface area contributed by atoms with Gasteiger partial charge in [-0.15, -0.1) is 0 Å². The number of benzene rings is 1. The molecule has 0 aliphatic carbocycles. The van der Waals surface area contributed by atoms with E-state index in [-0.39, 0.29) is 5.41 Å². The Morgan fingerprint density at radius 1 is 1.24 bits per heavy atom. The Morgan fingerprint density at radius 3 is 2.57 bits per heavy atom. The summed E-state index contributed by atoms with van der Waals surface area (Å²) in [6, 6.07) is 8.14. The molecule has 0 fully saturated rings. The molecule has 4 nitrogen and oxygen atoms in total. The maximum absolute atomic E-state index is 5.39. The number of rotatable bonds is 5. The predicted octanol–water partition coefficient (Wildman–Crippen LogP) is 3.52. The van der Waals surface area contributed by atoms with E-state index in [1.165, 1.54) is 17.1 Å². The van der Waals surface area contributed by atoms with Gasteiger partial charge in [0.2, 0.25) is 5.13 Å². The van der Waals surface area contributed by atoms with Crippen LogP contribution >= 0.6 is 11.5 Å². The summed E-state index contributed by atoms with van der Waals surface area (Å²) < 4.78 is 9.85.